The van der Waals surface area contributed by atoms with Crippen LogP contribution in [0.25, 0.3) is 10.8 Å². The van der Waals surface area contributed by atoms with Crippen LogP contribution in [-0.4, -0.2) is 6.61 Å². The quantitative estimate of drug-likeness (QED) is 0.473. The summed E-state index contributed by atoms with van der Waals surface area (Å²) < 4.78 is 5.88. The summed E-state index contributed by atoms with van der Waals surface area (Å²) in [6.45, 7) is 2.88. The molecule has 0 spiro atoms. The third-order valence-electron chi connectivity index (χ3n) is 3.13. The van der Waals surface area contributed by atoms with Crippen LogP contribution in [0.4, 0.5) is 0 Å². The minimum atomic E-state index is 0.724. The van der Waals surface area contributed by atoms with E-state index in [1.807, 2.05) is 12.1 Å². The molecule has 0 aliphatic rings. The van der Waals surface area contributed by atoms with E-state index in [9.17, 15) is 0 Å². The lowest BCUT2D eigenvalue weighted by Crippen LogP contribution is -1.96. The molecule has 2 rings (SSSR count). The van der Waals surface area contributed by atoms with Crippen LogP contribution < -0.4 is 4.74 Å². The first kappa shape index (κ1) is 14.4. The lowest BCUT2D eigenvalue weighted by Gasteiger charge is -2.07. The van der Waals surface area contributed by atoms with Crippen LogP contribution in [0.5, 0.6) is 5.75 Å². The molecule has 0 aromatic heterocycles. The van der Waals surface area contributed by atoms with Crippen molar-refractivity contribution < 1.29 is 4.74 Å². The summed E-state index contributed by atoms with van der Waals surface area (Å²) in [5.41, 5.74) is 0. The van der Waals surface area contributed by atoms with E-state index < -0.39 is 0 Å². The second-order valence-corrected chi connectivity index (χ2v) is 4.70. The second kappa shape index (κ2) is 8.21. The first-order valence-corrected chi connectivity index (χ1v) is 7.32. The van der Waals surface area contributed by atoms with Crippen molar-refractivity contribution >= 4 is 10.8 Å². The molecule has 0 amide bonds. The molecule has 0 aliphatic heterocycles. The third-order valence-corrected chi connectivity index (χ3v) is 3.13. The number of rotatable bonds is 7. The van der Waals surface area contributed by atoms with Gasteiger partial charge in [-0.2, -0.15) is 0 Å². The summed E-state index contributed by atoms with van der Waals surface area (Å²) in [6, 6.07) is 14.5. The molecule has 0 bridgehead atoms. The van der Waals surface area contributed by atoms with E-state index in [4.69, 9.17) is 4.74 Å². The van der Waals surface area contributed by atoms with Gasteiger partial charge in [0.2, 0.25) is 0 Å². The van der Waals surface area contributed by atoms with E-state index >= 15 is 0 Å². The Balaban J connectivity index is 1.83. The third kappa shape index (κ3) is 4.27. The van der Waals surface area contributed by atoms with Gasteiger partial charge in [0.05, 0.1) is 6.61 Å². The molecule has 1 nitrogen and oxygen atoms in total. The van der Waals surface area contributed by atoms with Gasteiger partial charge in [0.25, 0.3) is 0 Å². The maximum Gasteiger partial charge on any atom is 0.127 e. The average Bonchev–Trinajstić information content (AvgIpc) is 2.50. The lowest BCUT2D eigenvalue weighted by atomic mass is 10.1. The highest BCUT2D eigenvalue weighted by atomic mass is 16.5. The lowest BCUT2D eigenvalue weighted by molar-refractivity contribution is 0.328. The van der Waals surface area contributed by atoms with Crippen molar-refractivity contribution in [2.24, 2.45) is 0 Å². The monoisotopic (exact) mass is 266 g/mol. The molecular formula is C19H22O. The Bertz CT molecular complexity index is 576. The smallest absolute Gasteiger partial charge is 0.127 e. The van der Waals surface area contributed by atoms with Crippen molar-refractivity contribution in [1.82, 2.24) is 0 Å². The zero-order chi connectivity index (χ0) is 14.0. The highest BCUT2D eigenvalue weighted by molar-refractivity contribution is 5.88. The van der Waals surface area contributed by atoms with Gasteiger partial charge < -0.3 is 4.74 Å². The Morgan fingerprint density at radius 3 is 2.60 bits per heavy atom. The fourth-order valence-electron chi connectivity index (χ4n) is 2.11. The second-order valence-electron chi connectivity index (χ2n) is 4.70. The van der Waals surface area contributed by atoms with E-state index in [-0.39, 0.29) is 0 Å². The molecule has 0 aliphatic carbocycles. The first-order valence-electron chi connectivity index (χ1n) is 7.32. The van der Waals surface area contributed by atoms with Gasteiger partial charge in [0, 0.05) is 5.39 Å². The van der Waals surface area contributed by atoms with E-state index in [1.54, 1.807) is 0 Å². The molecule has 20 heavy (non-hydrogen) atoms. The molecule has 0 unspecified atom stereocenters. The molecule has 0 atom stereocenters. The highest BCUT2D eigenvalue weighted by Gasteiger charge is 1.99. The molecule has 0 saturated heterocycles. The Kier molecular flexibility index (Phi) is 5.91. The van der Waals surface area contributed by atoms with Gasteiger partial charge in [-0.1, -0.05) is 67.6 Å². The van der Waals surface area contributed by atoms with Crippen LogP contribution in [0, 0.1) is 0 Å². The maximum absolute atomic E-state index is 5.88. The Labute approximate surface area is 121 Å². The van der Waals surface area contributed by atoms with Crippen LogP contribution in [0.2, 0.25) is 0 Å². The van der Waals surface area contributed by atoms with Crippen molar-refractivity contribution in [2.75, 3.05) is 6.61 Å². The molecule has 0 fully saturated rings. The van der Waals surface area contributed by atoms with Gasteiger partial charge in [-0.15, -0.1) is 0 Å². The average molecular weight is 266 g/mol. The standard InChI is InChI=1S/C19H22O/c1-2-3-4-5-6-7-10-16-20-19-15-11-13-17-12-8-9-14-18(17)19/h3-4,6-9,11-15H,2,5,10,16H2,1H3. The summed E-state index contributed by atoms with van der Waals surface area (Å²) in [7, 11) is 0. The Morgan fingerprint density at radius 1 is 0.900 bits per heavy atom. The van der Waals surface area contributed by atoms with Crippen LogP contribution in [0.3, 0.4) is 0 Å². The van der Waals surface area contributed by atoms with Crippen molar-refractivity contribution in [3.8, 4) is 5.75 Å². The maximum atomic E-state index is 5.88. The molecule has 0 N–H and O–H groups in total. The Morgan fingerprint density at radius 2 is 1.70 bits per heavy atom. The van der Waals surface area contributed by atoms with Crippen LogP contribution in [0.1, 0.15) is 26.2 Å². The van der Waals surface area contributed by atoms with E-state index in [0.29, 0.717) is 0 Å². The van der Waals surface area contributed by atoms with Crippen molar-refractivity contribution in [3.63, 3.8) is 0 Å². The Hall–Kier alpha value is -2.02. The number of fused-ring (bicyclic) bond motifs is 1. The number of benzene rings is 2. The van der Waals surface area contributed by atoms with Gasteiger partial charge in [0.15, 0.2) is 0 Å². The molecule has 2 aromatic carbocycles. The number of hydrogen-bond donors (Lipinski definition) is 0. The number of hydrogen-bond acceptors (Lipinski definition) is 1. The largest absolute Gasteiger partial charge is 0.493 e. The van der Waals surface area contributed by atoms with Gasteiger partial charge in [-0.25, -0.2) is 0 Å². The zero-order valence-electron chi connectivity index (χ0n) is 12.1. The topological polar surface area (TPSA) is 9.23 Å². The predicted molar refractivity (Wildman–Crippen MR) is 87.2 cm³/mol. The molecular weight excluding hydrogens is 244 g/mol. The predicted octanol–water partition coefficient (Wildman–Crippen LogP) is 5.52. The molecule has 0 saturated carbocycles. The summed E-state index contributed by atoms with van der Waals surface area (Å²) >= 11 is 0. The molecule has 104 valence electrons. The van der Waals surface area contributed by atoms with Gasteiger partial charge in [-0.05, 0) is 30.7 Å². The summed E-state index contributed by atoms with van der Waals surface area (Å²) in [5, 5.41) is 2.41. The normalized spacial score (nSPS) is 11.7. The highest BCUT2D eigenvalue weighted by Crippen LogP contribution is 2.25. The first-order chi connectivity index (χ1) is 9.92. The summed E-state index contributed by atoms with van der Waals surface area (Å²) in [4.78, 5) is 0. The molecule has 1 heteroatoms. The van der Waals surface area contributed by atoms with Gasteiger partial charge in [0.1, 0.15) is 5.75 Å². The van der Waals surface area contributed by atoms with Gasteiger partial charge >= 0.3 is 0 Å². The number of ether oxygens (including phenoxy) is 1. The summed E-state index contributed by atoms with van der Waals surface area (Å²) in [6.07, 6.45) is 11.8. The van der Waals surface area contributed by atoms with Crippen LogP contribution >= 0.6 is 0 Å². The van der Waals surface area contributed by atoms with E-state index in [1.165, 1.54) is 10.8 Å². The minimum absolute atomic E-state index is 0.724. The fraction of sp³-hybridized carbons (Fsp3) is 0.263. The van der Waals surface area contributed by atoms with E-state index in [0.717, 1.165) is 31.6 Å². The van der Waals surface area contributed by atoms with Crippen molar-refractivity contribution in [2.45, 2.75) is 26.2 Å². The molecule has 0 heterocycles. The molecule has 0 radical (unpaired) electrons. The van der Waals surface area contributed by atoms with Crippen LogP contribution in [-0.2, 0) is 0 Å². The van der Waals surface area contributed by atoms with Crippen LogP contribution in [0.15, 0.2) is 66.8 Å². The zero-order valence-corrected chi connectivity index (χ0v) is 12.1. The van der Waals surface area contributed by atoms with Crippen molar-refractivity contribution in [3.05, 3.63) is 66.8 Å². The van der Waals surface area contributed by atoms with Gasteiger partial charge in [-0.3, -0.25) is 0 Å². The van der Waals surface area contributed by atoms with Crippen molar-refractivity contribution in [1.29, 1.82) is 0 Å². The number of allylic oxidation sites excluding steroid dienone is 3. The van der Waals surface area contributed by atoms with E-state index in [2.05, 4.69) is 61.6 Å². The SMILES string of the molecule is CCC=CCC=CCCOc1cccc2ccccc12. The fourth-order valence-corrected chi connectivity index (χ4v) is 2.11. The minimum Gasteiger partial charge on any atom is -0.493 e. The molecule has 2 aromatic rings. The summed E-state index contributed by atoms with van der Waals surface area (Å²) in [5.74, 6) is 0.974.